The highest BCUT2D eigenvalue weighted by molar-refractivity contribution is 5.85. The molecular weight excluding hydrogens is 268 g/mol. The zero-order valence-electron chi connectivity index (χ0n) is 11.1. The first-order valence-electron chi connectivity index (χ1n) is 6.08. The van der Waals surface area contributed by atoms with E-state index in [1.165, 1.54) is 11.0 Å². The summed E-state index contributed by atoms with van der Waals surface area (Å²) in [5.41, 5.74) is 0.700. The van der Waals surface area contributed by atoms with Crippen molar-refractivity contribution in [2.75, 3.05) is 26.7 Å². The summed E-state index contributed by atoms with van der Waals surface area (Å²) in [6, 6.07) is 6.90. The van der Waals surface area contributed by atoms with Gasteiger partial charge in [-0.15, -0.1) is 0 Å². The van der Waals surface area contributed by atoms with E-state index in [1.54, 1.807) is 31.3 Å². The molecule has 0 saturated carbocycles. The summed E-state index contributed by atoms with van der Waals surface area (Å²) in [6.07, 6.45) is 0.137. The first-order chi connectivity index (χ1) is 9.47. The normalized spacial score (nSPS) is 11.4. The van der Waals surface area contributed by atoms with Gasteiger partial charge in [-0.25, -0.2) is 13.6 Å². The van der Waals surface area contributed by atoms with Gasteiger partial charge < -0.3 is 9.84 Å². The third-order valence-corrected chi connectivity index (χ3v) is 2.47. The van der Waals surface area contributed by atoms with E-state index in [0.29, 0.717) is 17.9 Å². The average molecular weight is 285 g/mol. The van der Waals surface area contributed by atoms with Crippen molar-refractivity contribution in [3.05, 3.63) is 35.9 Å². The summed E-state index contributed by atoms with van der Waals surface area (Å²) in [4.78, 5) is 11.9. The molecule has 0 bridgehead atoms. The predicted molar refractivity (Wildman–Crippen MR) is 72.1 cm³/mol. The van der Waals surface area contributed by atoms with E-state index >= 15 is 0 Å². The summed E-state index contributed by atoms with van der Waals surface area (Å²) in [7, 11) is 1.60. The molecule has 0 unspecified atom stereocenters. The molecule has 110 valence electrons. The van der Waals surface area contributed by atoms with Crippen LogP contribution in [0.25, 0.3) is 6.08 Å². The Kier molecular flexibility index (Phi) is 6.66. The summed E-state index contributed by atoms with van der Waals surface area (Å²) in [6.45, 7) is 0.388. The molecule has 4 nitrogen and oxygen atoms in total. The molecule has 0 aliphatic carbocycles. The van der Waals surface area contributed by atoms with Gasteiger partial charge in [0.15, 0.2) is 0 Å². The number of likely N-dealkylation sites (N-methyl/N-ethyl adjacent to an activating group) is 1. The third-order valence-electron chi connectivity index (χ3n) is 2.47. The molecule has 1 N–H and O–H groups in total. The van der Waals surface area contributed by atoms with Gasteiger partial charge in [0, 0.05) is 12.6 Å². The molecule has 0 radical (unpaired) electrons. The lowest BCUT2D eigenvalue weighted by Gasteiger charge is -2.16. The lowest BCUT2D eigenvalue weighted by atomic mass is 10.2. The minimum Gasteiger partial charge on any atom is -0.492 e. The van der Waals surface area contributed by atoms with Crippen molar-refractivity contribution >= 4 is 12.0 Å². The third kappa shape index (κ3) is 6.84. The van der Waals surface area contributed by atoms with Crippen molar-refractivity contribution in [3.8, 4) is 5.75 Å². The van der Waals surface area contributed by atoms with Gasteiger partial charge in [-0.3, -0.25) is 4.90 Å². The molecule has 0 aromatic heterocycles. The number of rotatable bonds is 8. The smallest absolute Gasteiger partial charge is 0.328 e. The number of halogens is 2. The van der Waals surface area contributed by atoms with Crippen molar-refractivity contribution < 1.29 is 23.4 Å². The van der Waals surface area contributed by atoms with Crippen LogP contribution in [0.1, 0.15) is 5.56 Å². The van der Waals surface area contributed by atoms with Crippen LogP contribution in [0.5, 0.6) is 5.75 Å². The van der Waals surface area contributed by atoms with Crippen LogP contribution in [0.15, 0.2) is 30.3 Å². The van der Waals surface area contributed by atoms with E-state index in [1.807, 2.05) is 0 Å². The van der Waals surface area contributed by atoms with Crippen LogP contribution >= 0.6 is 0 Å². The highest BCUT2D eigenvalue weighted by atomic mass is 19.3. The monoisotopic (exact) mass is 285 g/mol. The Morgan fingerprint density at radius 3 is 2.90 bits per heavy atom. The number of ether oxygens (including phenoxy) is 1. The summed E-state index contributed by atoms with van der Waals surface area (Å²) >= 11 is 0. The maximum atomic E-state index is 12.1. The second kappa shape index (κ2) is 8.27. The number of carboxylic acids is 1. The maximum absolute atomic E-state index is 12.1. The molecule has 0 spiro atoms. The Bertz CT molecular complexity index is 463. The Hall–Kier alpha value is -1.95. The number of alkyl halides is 2. The van der Waals surface area contributed by atoms with Crippen LogP contribution in [-0.2, 0) is 4.79 Å². The van der Waals surface area contributed by atoms with E-state index < -0.39 is 12.4 Å². The number of carbonyl (C=O) groups is 1. The maximum Gasteiger partial charge on any atom is 0.328 e. The zero-order valence-corrected chi connectivity index (χ0v) is 11.1. The van der Waals surface area contributed by atoms with Crippen molar-refractivity contribution in [1.82, 2.24) is 4.90 Å². The number of nitrogens with zero attached hydrogens (tertiary/aromatic N) is 1. The molecule has 6 heteroatoms. The Labute approximate surface area is 116 Å². The molecule has 0 heterocycles. The van der Waals surface area contributed by atoms with E-state index in [2.05, 4.69) is 0 Å². The van der Waals surface area contributed by atoms with Gasteiger partial charge in [-0.2, -0.15) is 0 Å². The van der Waals surface area contributed by atoms with Crippen LogP contribution in [0.2, 0.25) is 0 Å². The first-order valence-corrected chi connectivity index (χ1v) is 6.08. The fraction of sp³-hybridized carbons (Fsp3) is 0.357. The van der Waals surface area contributed by atoms with Gasteiger partial charge >= 0.3 is 5.97 Å². The lowest BCUT2D eigenvalue weighted by molar-refractivity contribution is -0.131. The van der Waals surface area contributed by atoms with Crippen molar-refractivity contribution in [1.29, 1.82) is 0 Å². The van der Waals surface area contributed by atoms with Crippen LogP contribution in [0.4, 0.5) is 8.78 Å². The molecule has 0 aliphatic rings. The molecule has 1 rings (SSSR count). The van der Waals surface area contributed by atoms with E-state index in [0.717, 1.165) is 6.08 Å². The van der Waals surface area contributed by atoms with Crippen LogP contribution in [0.3, 0.4) is 0 Å². The van der Waals surface area contributed by atoms with Crippen LogP contribution in [-0.4, -0.2) is 49.1 Å². The molecule has 20 heavy (non-hydrogen) atoms. The fourth-order valence-corrected chi connectivity index (χ4v) is 1.52. The minimum absolute atomic E-state index is 0.287. The molecule has 0 fully saturated rings. The number of hydrogen-bond acceptors (Lipinski definition) is 3. The second-order valence-electron chi connectivity index (χ2n) is 4.25. The van der Waals surface area contributed by atoms with Gasteiger partial charge in [-0.05, 0) is 30.8 Å². The van der Waals surface area contributed by atoms with Crippen molar-refractivity contribution in [2.24, 2.45) is 0 Å². The topological polar surface area (TPSA) is 49.8 Å². The van der Waals surface area contributed by atoms with Gasteiger partial charge in [0.1, 0.15) is 12.4 Å². The van der Waals surface area contributed by atoms with E-state index in [-0.39, 0.29) is 13.2 Å². The van der Waals surface area contributed by atoms with Crippen molar-refractivity contribution in [2.45, 2.75) is 6.43 Å². The van der Waals surface area contributed by atoms with Gasteiger partial charge in [0.2, 0.25) is 0 Å². The first kappa shape index (κ1) is 16.1. The average Bonchev–Trinajstić information content (AvgIpc) is 2.36. The van der Waals surface area contributed by atoms with E-state index in [4.69, 9.17) is 9.84 Å². The second-order valence-corrected chi connectivity index (χ2v) is 4.25. The number of aliphatic carboxylic acids is 1. The Morgan fingerprint density at radius 1 is 1.50 bits per heavy atom. The number of carboxylic acid groups (broad SMARTS) is 1. The summed E-state index contributed by atoms with van der Waals surface area (Å²) in [5, 5.41) is 8.53. The van der Waals surface area contributed by atoms with Gasteiger partial charge in [-0.1, -0.05) is 12.1 Å². The lowest BCUT2D eigenvalue weighted by Crippen LogP contribution is -2.28. The SMILES string of the molecule is CN(CCOc1cccc(/C=C/C(=O)O)c1)CC(F)F. The van der Waals surface area contributed by atoms with Crippen LogP contribution in [0, 0.1) is 0 Å². The Morgan fingerprint density at radius 2 is 2.25 bits per heavy atom. The van der Waals surface area contributed by atoms with E-state index in [9.17, 15) is 13.6 Å². The Balaban J connectivity index is 2.44. The molecular formula is C14H17F2NO3. The largest absolute Gasteiger partial charge is 0.492 e. The molecule has 1 aromatic carbocycles. The van der Waals surface area contributed by atoms with Gasteiger partial charge in [0.25, 0.3) is 6.43 Å². The molecule has 1 aromatic rings. The number of hydrogen-bond donors (Lipinski definition) is 1. The van der Waals surface area contributed by atoms with Crippen LogP contribution < -0.4 is 4.74 Å². The standard InChI is InChI=1S/C14H17F2NO3/c1-17(10-13(15)16)7-8-20-12-4-2-3-11(9-12)5-6-14(18)19/h2-6,9,13H,7-8,10H2,1H3,(H,18,19)/b6-5+. The summed E-state index contributed by atoms with van der Waals surface area (Å²) in [5.74, 6) is -0.451. The summed E-state index contributed by atoms with van der Waals surface area (Å²) < 4.78 is 29.6. The highest BCUT2D eigenvalue weighted by Gasteiger charge is 2.07. The molecule has 0 amide bonds. The fourth-order valence-electron chi connectivity index (χ4n) is 1.52. The number of benzene rings is 1. The van der Waals surface area contributed by atoms with Crippen molar-refractivity contribution in [3.63, 3.8) is 0 Å². The van der Waals surface area contributed by atoms with Gasteiger partial charge in [0.05, 0.1) is 6.54 Å². The predicted octanol–water partition coefficient (Wildman–Crippen LogP) is 2.36. The molecule has 0 atom stereocenters. The highest BCUT2D eigenvalue weighted by Crippen LogP contribution is 2.14. The molecule has 0 saturated heterocycles. The zero-order chi connectivity index (χ0) is 15.0. The molecule has 0 aliphatic heterocycles. The minimum atomic E-state index is -2.36. The quantitative estimate of drug-likeness (QED) is 0.745.